The first kappa shape index (κ1) is 14.6. The summed E-state index contributed by atoms with van der Waals surface area (Å²) in [4.78, 5) is 25.6. The van der Waals surface area contributed by atoms with Crippen molar-refractivity contribution < 1.29 is 14.7 Å². The fourth-order valence-electron chi connectivity index (χ4n) is 2.22. The molecule has 5 nitrogen and oxygen atoms in total. The lowest BCUT2D eigenvalue weighted by molar-refractivity contribution is 0.0696. The van der Waals surface area contributed by atoms with Gasteiger partial charge in [0, 0.05) is 11.9 Å². The van der Waals surface area contributed by atoms with Gasteiger partial charge in [0.2, 0.25) is 0 Å². The van der Waals surface area contributed by atoms with E-state index in [1.807, 2.05) is 12.1 Å². The van der Waals surface area contributed by atoms with Crippen molar-refractivity contribution in [2.24, 2.45) is 0 Å². The summed E-state index contributed by atoms with van der Waals surface area (Å²) in [5.74, 6) is -1.15. The van der Waals surface area contributed by atoms with Gasteiger partial charge in [-0.25, -0.2) is 4.79 Å². The Bertz CT molecular complexity index is 820. The lowest BCUT2D eigenvalue weighted by Crippen LogP contribution is -2.11. The SMILES string of the molecule is O=C(O)c1ccc(-c2ccc(NC(=O)c3ccc[nH]3)cc2)cc1. The summed E-state index contributed by atoms with van der Waals surface area (Å²) in [6.45, 7) is 0. The summed E-state index contributed by atoms with van der Waals surface area (Å²) in [5, 5.41) is 11.7. The van der Waals surface area contributed by atoms with Gasteiger partial charge in [0.05, 0.1) is 5.56 Å². The van der Waals surface area contributed by atoms with Gasteiger partial charge < -0.3 is 15.4 Å². The molecule has 3 N–H and O–H groups in total. The van der Waals surface area contributed by atoms with Crippen LogP contribution in [0.5, 0.6) is 0 Å². The number of hydrogen-bond acceptors (Lipinski definition) is 2. The monoisotopic (exact) mass is 306 g/mol. The van der Waals surface area contributed by atoms with Gasteiger partial charge in [-0.05, 0) is 47.5 Å². The number of aromatic carboxylic acids is 1. The van der Waals surface area contributed by atoms with Gasteiger partial charge in [0.25, 0.3) is 5.91 Å². The van der Waals surface area contributed by atoms with E-state index in [9.17, 15) is 9.59 Å². The third kappa shape index (κ3) is 3.29. The van der Waals surface area contributed by atoms with Crippen molar-refractivity contribution in [1.29, 1.82) is 0 Å². The molecular weight excluding hydrogens is 292 g/mol. The second kappa shape index (κ2) is 6.19. The highest BCUT2D eigenvalue weighted by molar-refractivity contribution is 6.03. The van der Waals surface area contributed by atoms with Crippen LogP contribution in [-0.2, 0) is 0 Å². The fraction of sp³-hybridized carbons (Fsp3) is 0. The number of aromatic nitrogens is 1. The largest absolute Gasteiger partial charge is 0.478 e. The molecule has 23 heavy (non-hydrogen) atoms. The first-order valence-corrected chi connectivity index (χ1v) is 7.02. The average molecular weight is 306 g/mol. The molecule has 0 saturated carbocycles. The zero-order valence-corrected chi connectivity index (χ0v) is 12.1. The molecule has 0 spiro atoms. The van der Waals surface area contributed by atoms with E-state index in [4.69, 9.17) is 5.11 Å². The molecule has 0 bridgehead atoms. The minimum atomic E-state index is -0.945. The molecule has 1 aromatic heterocycles. The van der Waals surface area contributed by atoms with E-state index < -0.39 is 5.97 Å². The maximum absolute atomic E-state index is 11.9. The van der Waals surface area contributed by atoms with E-state index in [0.717, 1.165) is 11.1 Å². The van der Waals surface area contributed by atoms with Crippen LogP contribution in [0, 0.1) is 0 Å². The summed E-state index contributed by atoms with van der Waals surface area (Å²) >= 11 is 0. The molecule has 0 saturated heterocycles. The zero-order chi connectivity index (χ0) is 16.2. The van der Waals surface area contributed by atoms with Crippen molar-refractivity contribution >= 4 is 17.6 Å². The number of rotatable bonds is 4. The van der Waals surface area contributed by atoms with E-state index in [1.54, 1.807) is 54.7 Å². The molecule has 0 fully saturated rings. The van der Waals surface area contributed by atoms with Gasteiger partial charge >= 0.3 is 5.97 Å². The molecule has 3 rings (SSSR count). The Morgan fingerprint density at radius 1 is 0.870 bits per heavy atom. The van der Waals surface area contributed by atoms with Crippen LogP contribution in [0.1, 0.15) is 20.8 Å². The van der Waals surface area contributed by atoms with Gasteiger partial charge in [-0.1, -0.05) is 24.3 Å². The van der Waals surface area contributed by atoms with Crippen molar-refractivity contribution in [3.8, 4) is 11.1 Å². The standard InChI is InChI=1S/C18H14N2O3/c21-17(16-2-1-11-19-16)20-15-9-7-13(8-10-15)12-3-5-14(6-4-12)18(22)23/h1-11,19H,(H,20,21)(H,22,23). The number of carbonyl (C=O) groups is 2. The normalized spacial score (nSPS) is 10.3. The number of hydrogen-bond donors (Lipinski definition) is 3. The molecule has 0 unspecified atom stereocenters. The van der Waals surface area contributed by atoms with E-state index in [0.29, 0.717) is 11.4 Å². The Kier molecular flexibility index (Phi) is 3.93. The molecule has 0 aliphatic rings. The molecule has 0 aliphatic heterocycles. The first-order valence-electron chi connectivity index (χ1n) is 7.02. The van der Waals surface area contributed by atoms with Crippen LogP contribution < -0.4 is 5.32 Å². The third-order valence-electron chi connectivity index (χ3n) is 3.45. The van der Waals surface area contributed by atoms with Crippen molar-refractivity contribution in [2.45, 2.75) is 0 Å². The Morgan fingerprint density at radius 3 is 2.00 bits per heavy atom. The fourth-order valence-corrected chi connectivity index (χ4v) is 2.22. The number of anilines is 1. The Hall–Kier alpha value is -3.34. The molecule has 1 amide bonds. The number of carboxylic acids is 1. The van der Waals surface area contributed by atoms with E-state index in [1.165, 1.54) is 0 Å². The van der Waals surface area contributed by atoms with Gasteiger partial charge in [-0.3, -0.25) is 4.79 Å². The average Bonchev–Trinajstić information content (AvgIpc) is 3.10. The topological polar surface area (TPSA) is 82.2 Å². The van der Waals surface area contributed by atoms with Crippen LogP contribution in [-0.4, -0.2) is 22.0 Å². The Labute approximate surface area is 132 Å². The summed E-state index contributed by atoms with van der Waals surface area (Å²) in [6, 6.07) is 17.5. The van der Waals surface area contributed by atoms with Crippen molar-refractivity contribution in [2.75, 3.05) is 5.32 Å². The number of H-pyrrole nitrogens is 1. The highest BCUT2D eigenvalue weighted by Gasteiger charge is 2.07. The first-order chi connectivity index (χ1) is 11.1. The van der Waals surface area contributed by atoms with Crippen LogP contribution in [0.25, 0.3) is 11.1 Å². The number of aromatic amines is 1. The number of amides is 1. The highest BCUT2D eigenvalue weighted by Crippen LogP contribution is 2.22. The Morgan fingerprint density at radius 2 is 1.48 bits per heavy atom. The van der Waals surface area contributed by atoms with Gasteiger partial charge in [-0.15, -0.1) is 0 Å². The van der Waals surface area contributed by atoms with Crippen molar-refractivity contribution in [3.63, 3.8) is 0 Å². The Balaban J connectivity index is 1.74. The van der Waals surface area contributed by atoms with Crippen molar-refractivity contribution in [3.05, 3.63) is 78.1 Å². The van der Waals surface area contributed by atoms with Crippen LogP contribution in [0.4, 0.5) is 5.69 Å². The second-order valence-corrected chi connectivity index (χ2v) is 5.00. The minimum absolute atomic E-state index is 0.200. The van der Waals surface area contributed by atoms with Gasteiger partial charge in [-0.2, -0.15) is 0 Å². The highest BCUT2D eigenvalue weighted by atomic mass is 16.4. The minimum Gasteiger partial charge on any atom is -0.478 e. The molecule has 1 heterocycles. The summed E-state index contributed by atoms with van der Waals surface area (Å²) in [6.07, 6.45) is 1.69. The maximum atomic E-state index is 11.9. The molecule has 114 valence electrons. The quantitative estimate of drug-likeness (QED) is 0.688. The summed E-state index contributed by atoms with van der Waals surface area (Å²) in [7, 11) is 0. The molecule has 0 atom stereocenters. The summed E-state index contributed by atoms with van der Waals surface area (Å²) < 4.78 is 0. The van der Waals surface area contributed by atoms with Gasteiger partial charge in [0.15, 0.2) is 0 Å². The lowest BCUT2D eigenvalue weighted by atomic mass is 10.0. The van der Waals surface area contributed by atoms with E-state index in [2.05, 4.69) is 10.3 Å². The summed E-state index contributed by atoms with van der Waals surface area (Å²) in [5.41, 5.74) is 3.30. The van der Waals surface area contributed by atoms with E-state index in [-0.39, 0.29) is 11.5 Å². The maximum Gasteiger partial charge on any atom is 0.335 e. The van der Waals surface area contributed by atoms with Crippen LogP contribution in [0.15, 0.2) is 66.9 Å². The zero-order valence-electron chi connectivity index (χ0n) is 12.1. The predicted molar refractivity (Wildman–Crippen MR) is 87.6 cm³/mol. The molecule has 0 radical (unpaired) electrons. The van der Waals surface area contributed by atoms with Gasteiger partial charge in [0.1, 0.15) is 5.69 Å². The molecule has 0 aliphatic carbocycles. The molecule has 3 aromatic rings. The van der Waals surface area contributed by atoms with Crippen LogP contribution in [0.2, 0.25) is 0 Å². The predicted octanol–water partition coefficient (Wildman–Crippen LogP) is 3.63. The number of benzene rings is 2. The lowest BCUT2D eigenvalue weighted by Gasteiger charge is -2.06. The second-order valence-electron chi connectivity index (χ2n) is 5.00. The van der Waals surface area contributed by atoms with E-state index >= 15 is 0 Å². The molecule has 2 aromatic carbocycles. The number of carbonyl (C=O) groups excluding carboxylic acids is 1. The van der Waals surface area contributed by atoms with Crippen molar-refractivity contribution in [1.82, 2.24) is 4.98 Å². The number of carboxylic acid groups (broad SMARTS) is 1. The smallest absolute Gasteiger partial charge is 0.335 e. The van der Waals surface area contributed by atoms with Crippen LogP contribution >= 0.6 is 0 Å². The third-order valence-corrected chi connectivity index (χ3v) is 3.45. The number of nitrogens with one attached hydrogen (secondary N) is 2. The molecule has 5 heteroatoms. The van der Waals surface area contributed by atoms with Crippen LogP contribution in [0.3, 0.4) is 0 Å². The molecular formula is C18H14N2O3.